The Hall–Kier alpha value is -0.740. The highest BCUT2D eigenvalue weighted by atomic mass is 14.8. The third kappa shape index (κ3) is 9.26. The third-order valence-electron chi connectivity index (χ3n) is 1.53. The van der Waals surface area contributed by atoms with Crippen LogP contribution in [0.2, 0.25) is 0 Å². The molecule has 0 heterocycles. The Kier molecular flexibility index (Phi) is 9.63. The first-order valence-electron chi connectivity index (χ1n) is 4.69. The van der Waals surface area contributed by atoms with Crippen molar-refractivity contribution in [3.05, 3.63) is 12.7 Å². The number of rotatable bonds is 6. The fourth-order valence-electron chi connectivity index (χ4n) is 0.851. The molecule has 1 nitrogen and oxygen atoms in total. The molecule has 0 aliphatic rings. The van der Waals surface area contributed by atoms with E-state index in [1.807, 2.05) is 6.08 Å². The average Bonchev–Trinajstić information content (AvgIpc) is 2.10. The molecule has 0 amide bonds. The van der Waals surface area contributed by atoms with Crippen LogP contribution in [-0.2, 0) is 0 Å². The van der Waals surface area contributed by atoms with Crippen LogP contribution >= 0.6 is 0 Å². The Balaban J connectivity index is 3.06. The second-order valence-corrected chi connectivity index (χ2v) is 2.73. The molecule has 0 unspecified atom stereocenters. The zero-order valence-corrected chi connectivity index (χ0v) is 8.03. The smallest absolute Gasteiger partial charge is 0.0578 e. The van der Waals surface area contributed by atoms with Crippen molar-refractivity contribution in [2.45, 2.75) is 32.6 Å². The van der Waals surface area contributed by atoms with Gasteiger partial charge in [0.05, 0.1) is 6.54 Å². The maximum atomic E-state index is 3.61. The maximum Gasteiger partial charge on any atom is 0.0578 e. The lowest BCUT2D eigenvalue weighted by atomic mass is 10.2. The van der Waals surface area contributed by atoms with Crippen LogP contribution in [0.25, 0.3) is 0 Å². The zero-order valence-electron chi connectivity index (χ0n) is 8.03. The lowest BCUT2D eigenvalue weighted by Crippen LogP contribution is -2.12. The van der Waals surface area contributed by atoms with E-state index in [2.05, 4.69) is 30.7 Å². The highest BCUT2D eigenvalue weighted by Gasteiger charge is 1.80. The molecule has 0 rings (SSSR count). The Morgan fingerprint density at radius 2 is 2.17 bits per heavy atom. The normalized spacial score (nSPS) is 8.75. The van der Waals surface area contributed by atoms with Crippen molar-refractivity contribution < 1.29 is 0 Å². The molecular formula is C11H19N. The van der Waals surface area contributed by atoms with Crippen LogP contribution in [0.5, 0.6) is 0 Å². The second-order valence-electron chi connectivity index (χ2n) is 2.73. The van der Waals surface area contributed by atoms with Gasteiger partial charge in [0.1, 0.15) is 0 Å². The summed E-state index contributed by atoms with van der Waals surface area (Å²) in [6, 6.07) is 0. The summed E-state index contributed by atoms with van der Waals surface area (Å²) in [5.41, 5.74) is 0. The first kappa shape index (κ1) is 11.3. The molecule has 68 valence electrons. The van der Waals surface area contributed by atoms with Crippen LogP contribution in [0.1, 0.15) is 32.6 Å². The molecule has 0 aliphatic heterocycles. The molecule has 0 aromatic carbocycles. The Morgan fingerprint density at radius 3 is 2.83 bits per heavy atom. The molecule has 1 N–H and O–H groups in total. The molecule has 0 bridgehead atoms. The lowest BCUT2D eigenvalue weighted by Gasteiger charge is -1.91. The summed E-state index contributed by atoms with van der Waals surface area (Å²) in [5.74, 6) is 6.20. The number of hydrogen-bond donors (Lipinski definition) is 1. The van der Waals surface area contributed by atoms with Crippen molar-refractivity contribution in [1.29, 1.82) is 0 Å². The highest BCUT2D eigenvalue weighted by Crippen LogP contribution is 1.96. The van der Waals surface area contributed by atoms with Gasteiger partial charge < -0.3 is 5.32 Å². The molecular weight excluding hydrogens is 146 g/mol. The summed E-state index contributed by atoms with van der Waals surface area (Å²) in [4.78, 5) is 0. The standard InChI is InChI=1S/C11H19N/c1-3-5-6-7-8-9-11-12-10-4-2/h4,12H,2-3,5-7,10-11H2,1H3. The van der Waals surface area contributed by atoms with Crippen molar-refractivity contribution >= 4 is 0 Å². The van der Waals surface area contributed by atoms with E-state index in [9.17, 15) is 0 Å². The van der Waals surface area contributed by atoms with Crippen molar-refractivity contribution in [2.24, 2.45) is 0 Å². The molecule has 0 aromatic heterocycles. The van der Waals surface area contributed by atoms with Crippen LogP contribution in [-0.4, -0.2) is 13.1 Å². The van der Waals surface area contributed by atoms with Gasteiger partial charge in [0, 0.05) is 13.0 Å². The van der Waals surface area contributed by atoms with Crippen LogP contribution < -0.4 is 5.32 Å². The quantitative estimate of drug-likeness (QED) is 0.362. The highest BCUT2D eigenvalue weighted by molar-refractivity contribution is 5.00. The van der Waals surface area contributed by atoms with Gasteiger partial charge in [0.15, 0.2) is 0 Å². The van der Waals surface area contributed by atoms with Gasteiger partial charge in [-0.25, -0.2) is 0 Å². The first-order valence-corrected chi connectivity index (χ1v) is 4.69. The SMILES string of the molecule is C=CCNCC#CCCCCC. The molecule has 0 saturated carbocycles. The molecule has 0 fully saturated rings. The molecule has 0 aliphatic carbocycles. The minimum Gasteiger partial charge on any atom is -0.303 e. The topological polar surface area (TPSA) is 12.0 Å². The van der Waals surface area contributed by atoms with Crippen molar-refractivity contribution in [3.8, 4) is 11.8 Å². The van der Waals surface area contributed by atoms with E-state index in [4.69, 9.17) is 0 Å². The minimum atomic E-state index is 0.790. The van der Waals surface area contributed by atoms with Crippen LogP contribution in [0, 0.1) is 11.8 Å². The van der Waals surface area contributed by atoms with Gasteiger partial charge in [-0.2, -0.15) is 0 Å². The number of nitrogens with one attached hydrogen (secondary N) is 1. The molecule has 0 spiro atoms. The van der Waals surface area contributed by atoms with E-state index in [0.717, 1.165) is 19.5 Å². The van der Waals surface area contributed by atoms with Gasteiger partial charge in [-0.05, 0) is 6.42 Å². The summed E-state index contributed by atoms with van der Waals surface area (Å²) in [6.07, 6.45) is 6.71. The number of hydrogen-bond acceptors (Lipinski definition) is 1. The fourth-order valence-corrected chi connectivity index (χ4v) is 0.851. The molecule has 0 saturated heterocycles. The van der Waals surface area contributed by atoms with Gasteiger partial charge in [-0.15, -0.1) is 12.5 Å². The lowest BCUT2D eigenvalue weighted by molar-refractivity contribution is 0.736. The average molecular weight is 165 g/mol. The van der Waals surface area contributed by atoms with Gasteiger partial charge in [0.2, 0.25) is 0 Å². The van der Waals surface area contributed by atoms with E-state index < -0.39 is 0 Å². The summed E-state index contributed by atoms with van der Waals surface area (Å²) in [7, 11) is 0. The number of unbranched alkanes of at least 4 members (excludes halogenated alkanes) is 3. The molecule has 1 heteroatoms. The molecule has 0 radical (unpaired) electrons. The maximum absolute atomic E-state index is 3.61. The van der Waals surface area contributed by atoms with Crippen LogP contribution in [0.4, 0.5) is 0 Å². The molecule has 0 atom stereocenters. The van der Waals surface area contributed by atoms with E-state index in [1.165, 1.54) is 19.3 Å². The Morgan fingerprint density at radius 1 is 1.33 bits per heavy atom. The largest absolute Gasteiger partial charge is 0.303 e. The van der Waals surface area contributed by atoms with Gasteiger partial charge in [-0.3, -0.25) is 0 Å². The summed E-state index contributed by atoms with van der Waals surface area (Å²) >= 11 is 0. The van der Waals surface area contributed by atoms with Crippen molar-refractivity contribution in [2.75, 3.05) is 13.1 Å². The molecule has 0 aromatic rings. The third-order valence-corrected chi connectivity index (χ3v) is 1.53. The predicted molar refractivity (Wildman–Crippen MR) is 55.0 cm³/mol. The minimum absolute atomic E-state index is 0.790. The van der Waals surface area contributed by atoms with Gasteiger partial charge in [-0.1, -0.05) is 31.8 Å². The Labute approximate surface area is 76.2 Å². The zero-order chi connectivity index (χ0) is 9.07. The van der Waals surface area contributed by atoms with E-state index >= 15 is 0 Å². The monoisotopic (exact) mass is 165 g/mol. The summed E-state index contributed by atoms with van der Waals surface area (Å²) in [5, 5.41) is 3.13. The van der Waals surface area contributed by atoms with E-state index in [0.29, 0.717) is 0 Å². The van der Waals surface area contributed by atoms with Gasteiger partial charge in [0.25, 0.3) is 0 Å². The van der Waals surface area contributed by atoms with E-state index in [1.54, 1.807) is 0 Å². The van der Waals surface area contributed by atoms with Gasteiger partial charge >= 0.3 is 0 Å². The van der Waals surface area contributed by atoms with Crippen LogP contribution in [0.3, 0.4) is 0 Å². The summed E-state index contributed by atoms with van der Waals surface area (Å²) in [6.45, 7) is 7.46. The second kappa shape index (κ2) is 10.3. The predicted octanol–water partition coefficient (Wildman–Crippen LogP) is 2.35. The van der Waals surface area contributed by atoms with Crippen molar-refractivity contribution in [1.82, 2.24) is 5.32 Å². The summed E-state index contributed by atoms with van der Waals surface area (Å²) < 4.78 is 0. The van der Waals surface area contributed by atoms with Crippen LogP contribution in [0.15, 0.2) is 12.7 Å². The Bertz CT molecular complexity index is 150. The van der Waals surface area contributed by atoms with Crippen molar-refractivity contribution in [3.63, 3.8) is 0 Å². The first-order chi connectivity index (χ1) is 5.91. The fraction of sp³-hybridized carbons (Fsp3) is 0.636. The molecule has 12 heavy (non-hydrogen) atoms. The van der Waals surface area contributed by atoms with E-state index in [-0.39, 0.29) is 0 Å².